The van der Waals surface area contributed by atoms with Crippen molar-refractivity contribution >= 4 is 44.9 Å². The molecule has 3 aromatic rings. The van der Waals surface area contributed by atoms with Gasteiger partial charge in [0.25, 0.3) is 0 Å². The highest BCUT2D eigenvalue weighted by molar-refractivity contribution is 7.21. The molecule has 0 fully saturated rings. The summed E-state index contributed by atoms with van der Waals surface area (Å²) in [6, 6.07) is 0. The summed E-state index contributed by atoms with van der Waals surface area (Å²) in [4.78, 5) is 28.7. The second-order valence-corrected chi connectivity index (χ2v) is 6.50. The highest BCUT2D eigenvalue weighted by Gasteiger charge is 2.20. The fourth-order valence-corrected chi connectivity index (χ4v) is 3.47. The van der Waals surface area contributed by atoms with Gasteiger partial charge in [-0.2, -0.15) is 5.10 Å². The molecule has 0 atom stereocenters. The number of nitrogens with zero attached hydrogens (tertiary/aromatic N) is 6. The average molecular weight is 320 g/mol. The molecule has 3 heterocycles. The molecule has 0 saturated carbocycles. The molecule has 0 radical (unpaired) electrons. The lowest BCUT2D eigenvalue weighted by molar-refractivity contribution is 0.104. The zero-order chi connectivity index (χ0) is 15.0. The Morgan fingerprint density at radius 2 is 2.19 bits per heavy atom. The summed E-state index contributed by atoms with van der Waals surface area (Å²) >= 11 is 2.60. The lowest BCUT2D eigenvalue weighted by atomic mass is 10.2. The van der Waals surface area contributed by atoms with Crippen LogP contribution in [0.2, 0.25) is 0 Å². The maximum absolute atomic E-state index is 12.5. The molecule has 7 nitrogen and oxygen atoms in total. The van der Waals surface area contributed by atoms with E-state index in [0.717, 1.165) is 5.69 Å². The maximum atomic E-state index is 12.5. The van der Waals surface area contributed by atoms with Crippen molar-refractivity contribution in [3.8, 4) is 0 Å². The quantitative estimate of drug-likeness (QED) is 0.417. The molecule has 0 spiro atoms. The Morgan fingerprint density at radius 3 is 2.90 bits per heavy atom. The van der Waals surface area contributed by atoms with Gasteiger partial charge in [0, 0.05) is 14.1 Å². The number of carbonyl (C=O) groups excluding carboxylic acids is 1. The largest absolute Gasteiger partial charge is 0.369 e. The Labute approximate surface area is 128 Å². The molecule has 3 rings (SSSR count). The van der Waals surface area contributed by atoms with Gasteiger partial charge in [0.15, 0.2) is 0 Å². The van der Waals surface area contributed by atoms with Crippen molar-refractivity contribution in [3.05, 3.63) is 28.0 Å². The van der Waals surface area contributed by atoms with Gasteiger partial charge in [0.05, 0.1) is 23.1 Å². The van der Waals surface area contributed by atoms with E-state index in [9.17, 15) is 4.79 Å². The number of fused-ring (bicyclic) bond motifs is 1. The van der Waals surface area contributed by atoms with E-state index in [1.807, 2.05) is 25.9 Å². The monoisotopic (exact) mass is 320 g/mol. The molecular formula is C12H12N6OS2. The zero-order valence-corrected chi connectivity index (χ0v) is 13.3. The summed E-state index contributed by atoms with van der Waals surface area (Å²) in [7, 11) is 3.75. The van der Waals surface area contributed by atoms with Crippen LogP contribution in [0.5, 0.6) is 0 Å². The summed E-state index contributed by atoms with van der Waals surface area (Å²) in [5.74, 6) is -0.0615. The number of aromatic nitrogens is 4. The highest BCUT2D eigenvalue weighted by atomic mass is 32.1. The molecule has 0 saturated heterocycles. The minimum atomic E-state index is -0.0615. The van der Waals surface area contributed by atoms with Gasteiger partial charge in [0.1, 0.15) is 11.2 Å². The van der Waals surface area contributed by atoms with Crippen LogP contribution in [0, 0.1) is 6.92 Å². The van der Waals surface area contributed by atoms with Crippen LogP contribution in [-0.4, -0.2) is 50.7 Å². The minimum Gasteiger partial charge on any atom is -0.369 e. The van der Waals surface area contributed by atoms with Crippen molar-refractivity contribution in [1.29, 1.82) is 0 Å². The SMILES string of the molecule is Cc1c(C(=O)c2cnc(N=CN(C)C)s2)sc2ncnn12. The lowest BCUT2D eigenvalue weighted by Gasteiger charge is -1.99. The molecule has 0 unspecified atom stereocenters. The van der Waals surface area contributed by atoms with Gasteiger partial charge in [-0.15, -0.1) is 0 Å². The van der Waals surface area contributed by atoms with E-state index in [2.05, 4.69) is 20.1 Å². The van der Waals surface area contributed by atoms with Crippen molar-refractivity contribution in [2.24, 2.45) is 4.99 Å². The Kier molecular flexibility index (Phi) is 3.52. The van der Waals surface area contributed by atoms with E-state index in [1.54, 1.807) is 17.1 Å². The molecule has 9 heteroatoms. The molecule has 3 aromatic heterocycles. The topological polar surface area (TPSA) is 75.8 Å². The first-order valence-corrected chi connectivity index (χ1v) is 7.70. The minimum absolute atomic E-state index is 0.0615. The van der Waals surface area contributed by atoms with Crippen LogP contribution in [0.25, 0.3) is 4.96 Å². The zero-order valence-electron chi connectivity index (χ0n) is 11.6. The fraction of sp³-hybridized carbons (Fsp3) is 0.250. The van der Waals surface area contributed by atoms with Crippen LogP contribution < -0.4 is 0 Å². The smallest absolute Gasteiger partial charge is 0.216 e. The number of hydrogen-bond acceptors (Lipinski definition) is 7. The van der Waals surface area contributed by atoms with Crippen molar-refractivity contribution in [2.45, 2.75) is 6.92 Å². The summed E-state index contributed by atoms with van der Waals surface area (Å²) in [6.07, 6.45) is 4.69. The van der Waals surface area contributed by atoms with Gasteiger partial charge in [-0.05, 0) is 6.92 Å². The average Bonchev–Trinajstić information content (AvgIpc) is 3.13. The van der Waals surface area contributed by atoms with E-state index in [-0.39, 0.29) is 5.78 Å². The summed E-state index contributed by atoms with van der Waals surface area (Å²) < 4.78 is 1.67. The van der Waals surface area contributed by atoms with E-state index < -0.39 is 0 Å². The third kappa shape index (κ3) is 2.57. The molecule has 108 valence electrons. The van der Waals surface area contributed by atoms with E-state index in [1.165, 1.54) is 29.0 Å². The molecule has 0 amide bonds. The lowest BCUT2D eigenvalue weighted by Crippen LogP contribution is -2.06. The third-order valence-electron chi connectivity index (χ3n) is 2.68. The van der Waals surface area contributed by atoms with Crippen LogP contribution in [-0.2, 0) is 0 Å². The van der Waals surface area contributed by atoms with Gasteiger partial charge in [-0.25, -0.2) is 19.5 Å². The number of aliphatic imine (C=N–C) groups is 1. The van der Waals surface area contributed by atoms with Crippen molar-refractivity contribution in [3.63, 3.8) is 0 Å². The molecule has 0 aliphatic rings. The fourth-order valence-electron chi connectivity index (χ4n) is 1.71. The van der Waals surface area contributed by atoms with E-state index >= 15 is 0 Å². The van der Waals surface area contributed by atoms with Crippen molar-refractivity contribution < 1.29 is 4.79 Å². The summed E-state index contributed by atoms with van der Waals surface area (Å²) in [6.45, 7) is 1.86. The molecule has 0 bridgehead atoms. The van der Waals surface area contributed by atoms with Crippen LogP contribution in [0.1, 0.15) is 20.2 Å². The predicted molar refractivity (Wildman–Crippen MR) is 83.0 cm³/mol. The Balaban J connectivity index is 1.91. The number of ketones is 1. The first-order valence-electron chi connectivity index (χ1n) is 6.06. The van der Waals surface area contributed by atoms with Gasteiger partial charge in [-0.1, -0.05) is 22.7 Å². The Bertz CT molecular complexity index is 828. The second-order valence-electron chi connectivity index (χ2n) is 4.52. The first kappa shape index (κ1) is 13.8. The van der Waals surface area contributed by atoms with Crippen LogP contribution in [0.4, 0.5) is 5.13 Å². The number of thiazole rings is 2. The molecular weight excluding hydrogens is 308 g/mol. The Hall–Kier alpha value is -2.13. The maximum Gasteiger partial charge on any atom is 0.216 e. The van der Waals surface area contributed by atoms with Gasteiger partial charge >= 0.3 is 0 Å². The van der Waals surface area contributed by atoms with Crippen LogP contribution in [0.3, 0.4) is 0 Å². The van der Waals surface area contributed by atoms with Crippen LogP contribution in [0.15, 0.2) is 17.5 Å². The van der Waals surface area contributed by atoms with Gasteiger partial charge in [-0.3, -0.25) is 4.79 Å². The third-order valence-corrected chi connectivity index (χ3v) is 4.73. The first-order chi connectivity index (χ1) is 10.1. The molecule has 0 aromatic carbocycles. The summed E-state index contributed by atoms with van der Waals surface area (Å²) in [5, 5.41) is 4.65. The number of aryl methyl sites for hydroxylation is 1. The second kappa shape index (κ2) is 5.34. The molecule has 0 aliphatic heterocycles. The van der Waals surface area contributed by atoms with E-state index in [0.29, 0.717) is 19.8 Å². The van der Waals surface area contributed by atoms with Crippen molar-refractivity contribution in [1.82, 2.24) is 24.5 Å². The number of hydrogen-bond donors (Lipinski definition) is 0. The van der Waals surface area contributed by atoms with Gasteiger partial charge in [0.2, 0.25) is 15.9 Å². The van der Waals surface area contributed by atoms with E-state index in [4.69, 9.17) is 0 Å². The Morgan fingerprint density at radius 1 is 1.38 bits per heavy atom. The highest BCUT2D eigenvalue weighted by Crippen LogP contribution is 2.28. The van der Waals surface area contributed by atoms with Crippen LogP contribution >= 0.6 is 22.7 Å². The van der Waals surface area contributed by atoms with Gasteiger partial charge < -0.3 is 4.90 Å². The van der Waals surface area contributed by atoms with Crippen molar-refractivity contribution in [2.75, 3.05) is 14.1 Å². The normalized spacial score (nSPS) is 11.6. The predicted octanol–water partition coefficient (Wildman–Crippen LogP) is 2.01. The summed E-state index contributed by atoms with van der Waals surface area (Å²) in [5.41, 5.74) is 0.796. The standard InChI is InChI=1S/C12H12N6OS2/c1-7-10(21-12-14-5-16-18(7)12)9(19)8-4-13-11(20-8)15-6-17(2)3/h4-6H,1-3H3. The molecule has 21 heavy (non-hydrogen) atoms. The molecule has 0 N–H and O–H groups in total. The number of rotatable bonds is 4. The molecule has 0 aliphatic carbocycles. The number of carbonyl (C=O) groups is 1.